The Morgan fingerprint density at radius 2 is 1.80 bits per heavy atom. The van der Waals surface area contributed by atoms with E-state index in [2.05, 4.69) is 17.1 Å². The molecule has 7 heteroatoms. The van der Waals surface area contributed by atoms with Gasteiger partial charge in [-0.05, 0) is 19.9 Å². The summed E-state index contributed by atoms with van der Waals surface area (Å²) in [5.74, 6) is -1.51. The van der Waals surface area contributed by atoms with Crippen LogP contribution in [0, 0.1) is 33.5 Å². The van der Waals surface area contributed by atoms with Gasteiger partial charge in [0.05, 0.1) is 19.2 Å². The molecule has 1 aromatic rings. The van der Waals surface area contributed by atoms with Crippen LogP contribution in [0.4, 0.5) is 0 Å². The van der Waals surface area contributed by atoms with Crippen molar-refractivity contribution in [3.8, 4) is 17.9 Å². The van der Waals surface area contributed by atoms with Crippen LogP contribution in [0.25, 0.3) is 0 Å². The number of benzene rings is 1. The van der Waals surface area contributed by atoms with Crippen LogP contribution in [0.2, 0.25) is 0 Å². The number of nitrogens with two attached hydrogens (primary N) is 1. The van der Waals surface area contributed by atoms with E-state index in [1.54, 1.807) is 27.0 Å². The molecular formula is C18H20N4O3. The first-order valence-corrected chi connectivity index (χ1v) is 8.14. The topological polar surface area (TPSA) is 114 Å². The number of methoxy groups -OCH3 is 1. The van der Waals surface area contributed by atoms with Crippen LogP contribution in [0.5, 0.6) is 5.75 Å². The molecule has 7 nitrogen and oxygen atoms in total. The second kappa shape index (κ2) is 5.73. The number of rotatable bonds is 6. The van der Waals surface area contributed by atoms with Gasteiger partial charge in [-0.2, -0.15) is 10.5 Å². The number of fused-ring (bicyclic) bond motifs is 1. The molecule has 0 bridgehead atoms. The number of nitrogens with zero attached hydrogens (tertiary/aromatic N) is 3. The normalized spacial score (nSPS) is 31.4. The Labute approximate surface area is 146 Å². The quantitative estimate of drug-likeness (QED) is 0.791. The minimum absolute atomic E-state index is 0.0642. The molecule has 1 heterocycles. The summed E-state index contributed by atoms with van der Waals surface area (Å²) in [6.07, 6.45) is 0. The minimum Gasteiger partial charge on any atom is -0.496 e. The van der Waals surface area contributed by atoms with E-state index in [1.165, 1.54) is 0 Å². The van der Waals surface area contributed by atoms with Crippen molar-refractivity contribution in [2.24, 2.45) is 21.6 Å². The van der Waals surface area contributed by atoms with Crippen molar-refractivity contribution in [1.29, 1.82) is 10.5 Å². The van der Waals surface area contributed by atoms with E-state index in [1.807, 2.05) is 18.2 Å². The van der Waals surface area contributed by atoms with Crippen molar-refractivity contribution in [2.75, 3.05) is 20.3 Å². The maximum atomic E-state index is 10.1. The molecule has 1 aliphatic carbocycles. The van der Waals surface area contributed by atoms with Crippen LogP contribution in [-0.4, -0.2) is 32.1 Å². The van der Waals surface area contributed by atoms with Crippen LogP contribution in [-0.2, 0) is 9.47 Å². The zero-order valence-corrected chi connectivity index (χ0v) is 14.4. The molecule has 25 heavy (non-hydrogen) atoms. The first-order chi connectivity index (χ1) is 12.0. The van der Waals surface area contributed by atoms with Gasteiger partial charge >= 0.3 is 0 Å². The Kier molecular flexibility index (Phi) is 3.95. The highest BCUT2D eigenvalue weighted by atomic mass is 16.7. The number of aliphatic imine (C=N–C) groups is 1. The average Bonchev–Trinajstić information content (AvgIpc) is 3.20. The smallest absolute Gasteiger partial charge is 0.293 e. The molecule has 130 valence electrons. The van der Waals surface area contributed by atoms with Gasteiger partial charge in [0.25, 0.3) is 5.91 Å². The second-order valence-corrected chi connectivity index (χ2v) is 5.96. The molecule has 1 aromatic carbocycles. The Balaban J connectivity index is 2.25. The third-order valence-corrected chi connectivity index (χ3v) is 5.06. The van der Waals surface area contributed by atoms with Gasteiger partial charge < -0.3 is 19.9 Å². The Bertz CT molecular complexity index is 803. The lowest BCUT2D eigenvalue weighted by molar-refractivity contribution is -0.255. The van der Waals surface area contributed by atoms with Crippen LogP contribution < -0.4 is 10.5 Å². The van der Waals surface area contributed by atoms with Gasteiger partial charge in [0, 0.05) is 24.7 Å². The maximum Gasteiger partial charge on any atom is 0.293 e. The van der Waals surface area contributed by atoms with E-state index in [0.717, 1.165) is 5.56 Å². The largest absolute Gasteiger partial charge is 0.496 e. The van der Waals surface area contributed by atoms with Gasteiger partial charge in [-0.3, -0.25) is 0 Å². The van der Waals surface area contributed by atoms with Crippen LogP contribution in [0.3, 0.4) is 0 Å². The van der Waals surface area contributed by atoms with Crippen molar-refractivity contribution in [3.63, 3.8) is 0 Å². The average molecular weight is 340 g/mol. The summed E-state index contributed by atoms with van der Waals surface area (Å²) >= 11 is 0. The molecule has 0 amide bonds. The zero-order valence-electron chi connectivity index (χ0n) is 14.4. The Hall–Kier alpha value is -2.61. The molecule has 1 saturated carbocycles. The minimum atomic E-state index is -1.60. The van der Waals surface area contributed by atoms with Gasteiger partial charge in [0.2, 0.25) is 0 Å². The molecule has 0 spiro atoms. The molecular weight excluding hydrogens is 320 g/mol. The molecule has 2 N–H and O–H groups in total. The van der Waals surface area contributed by atoms with Crippen molar-refractivity contribution in [2.45, 2.75) is 25.7 Å². The molecule has 1 fully saturated rings. The summed E-state index contributed by atoms with van der Waals surface area (Å²) in [5.41, 5.74) is 4.21. The monoisotopic (exact) mass is 340 g/mol. The molecule has 0 radical (unpaired) electrons. The lowest BCUT2D eigenvalue weighted by Crippen LogP contribution is -2.43. The van der Waals surface area contributed by atoms with E-state index in [4.69, 9.17) is 19.9 Å². The van der Waals surface area contributed by atoms with Crippen LogP contribution >= 0.6 is 0 Å². The highest BCUT2D eigenvalue weighted by Crippen LogP contribution is 2.82. The Morgan fingerprint density at radius 1 is 1.16 bits per heavy atom. The predicted octanol–water partition coefficient (Wildman–Crippen LogP) is 1.91. The number of para-hydroxylation sites is 1. The third-order valence-electron chi connectivity index (χ3n) is 5.06. The van der Waals surface area contributed by atoms with Crippen molar-refractivity contribution in [1.82, 2.24) is 0 Å². The van der Waals surface area contributed by atoms with E-state index in [9.17, 15) is 10.5 Å². The third kappa shape index (κ3) is 1.77. The summed E-state index contributed by atoms with van der Waals surface area (Å²) in [6, 6.07) is 11.8. The van der Waals surface area contributed by atoms with Crippen molar-refractivity contribution in [3.05, 3.63) is 29.8 Å². The zero-order chi connectivity index (χ0) is 18.3. The molecule has 0 unspecified atom stereocenters. The van der Waals surface area contributed by atoms with E-state index in [0.29, 0.717) is 5.75 Å². The summed E-state index contributed by atoms with van der Waals surface area (Å²) in [5, 5.41) is 20.1. The first-order valence-electron chi connectivity index (χ1n) is 8.14. The van der Waals surface area contributed by atoms with Gasteiger partial charge in [0.1, 0.15) is 17.0 Å². The fraction of sp³-hybridized carbons (Fsp3) is 0.500. The number of hydrogen-bond acceptors (Lipinski definition) is 7. The second-order valence-electron chi connectivity index (χ2n) is 5.96. The van der Waals surface area contributed by atoms with E-state index >= 15 is 0 Å². The van der Waals surface area contributed by atoms with Crippen LogP contribution in [0.1, 0.15) is 25.3 Å². The SMILES string of the molecule is CCOC1(OCC)N=C(N)[C@@]2(C#N)[C@@H](c3ccccc3OC)[C@@]12C#N. The van der Waals surface area contributed by atoms with Crippen molar-refractivity contribution >= 4 is 5.84 Å². The fourth-order valence-corrected chi connectivity index (χ4v) is 4.12. The Morgan fingerprint density at radius 3 is 2.32 bits per heavy atom. The highest BCUT2D eigenvalue weighted by molar-refractivity contribution is 6.00. The summed E-state index contributed by atoms with van der Waals surface area (Å²) in [6.45, 7) is 4.09. The molecule has 3 atom stereocenters. The van der Waals surface area contributed by atoms with Crippen LogP contribution in [0.15, 0.2) is 29.3 Å². The standard InChI is InChI=1S/C18H20N4O3/c1-4-24-18(25-5-2)17(11-20)14(16(17,10-19)15(21)22-18)12-8-6-7-9-13(12)23-3/h6-9,14H,4-5H2,1-3H3,(H2,21,22)/t14-,16-,17-/m1/s1. The summed E-state index contributed by atoms with van der Waals surface area (Å²) in [4.78, 5) is 4.31. The maximum absolute atomic E-state index is 10.1. The number of ether oxygens (including phenoxy) is 3. The molecule has 1 aliphatic heterocycles. The number of nitriles is 2. The molecule has 2 aliphatic rings. The number of amidine groups is 1. The fourth-order valence-electron chi connectivity index (χ4n) is 4.12. The molecule has 0 saturated heterocycles. The van der Waals surface area contributed by atoms with E-state index in [-0.39, 0.29) is 19.0 Å². The molecule has 0 aromatic heterocycles. The number of hydrogen-bond donors (Lipinski definition) is 1. The predicted molar refractivity (Wildman–Crippen MR) is 89.4 cm³/mol. The summed E-state index contributed by atoms with van der Waals surface area (Å²) < 4.78 is 17.0. The van der Waals surface area contributed by atoms with Crippen molar-refractivity contribution < 1.29 is 14.2 Å². The van der Waals surface area contributed by atoms with Gasteiger partial charge in [-0.1, -0.05) is 18.2 Å². The lowest BCUT2D eigenvalue weighted by Gasteiger charge is -2.31. The highest BCUT2D eigenvalue weighted by Gasteiger charge is 2.94. The van der Waals surface area contributed by atoms with Gasteiger partial charge in [0.15, 0.2) is 5.41 Å². The lowest BCUT2D eigenvalue weighted by atomic mass is 9.93. The van der Waals surface area contributed by atoms with Gasteiger partial charge in [-0.15, -0.1) is 0 Å². The van der Waals surface area contributed by atoms with Gasteiger partial charge in [-0.25, -0.2) is 4.99 Å². The van der Waals surface area contributed by atoms with E-state index < -0.39 is 22.7 Å². The first kappa shape index (κ1) is 17.2. The summed E-state index contributed by atoms with van der Waals surface area (Å²) in [7, 11) is 1.55. The molecule has 3 rings (SSSR count).